The molecule has 1 aliphatic heterocycles. The van der Waals surface area contributed by atoms with E-state index < -0.39 is 5.41 Å². The van der Waals surface area contributed by atoms with Crippen molar-refractivity contribution in [3.63, 3.8) is 0 Å². The largest absolute Gasteiger partial charge is 0.322 e. The quantitative estimate of drug-likeness (QED) is 0.921. The highest BCUT2D eigenvalue weighted by Gasteiger charge is 2.42. The SMILES string of the molecule is CN1C(=O)C(C)(C)c2cc(NC(=O)c3cnn(C)c3)ccc21. The molecule has 2 aromatic rings. The molecule has 0 aliphatic carbocycles. The summed E-state index contributed by atoms with van der Waals surface area (Å²) >= 11 is 0. The molecule has 22 heavy (non-hydrogen) atoms. The van der Waals surface area contributed by atoms with Crippen LogP contribution in [0.25, 0.3) is 0 Å². The minimum absolute atomic E-state index is 0.0539. The second-order valence-corrected chi connectivity index (χ2v) is 6.08. The minimum Gasteiger partial charge on any atom is -0.322 e. The first-order chi connectivity index (χ1) is 10.3. The predicted octanol–water partition coefficient (Wildman–Crippen LogP) is 1.93. The lowest BCUT2D eigenvalue weighted by Crippen LogP contribution is -2.33. The number of rotatable bonds is 2. The van der Waals surface area contributed by atoms with E-state index in [1.165, 1.54) is 6.20 Å². The summed E-state index contributed by atoms with van der Waals surface area (Å²) < 4.78 is 1.58. The van der Waals surface area contributed by atoms with Crippen LogP contribution in [0.4, 0.5) is 11.4 Å². The van der Waals surface area contributed by atoms with Gasteiger partial charge in [-0.1, -0.05) is 0 Å². The van der Waals surface area contributed by atoms with Crippen molar-refractivity contribution in [2.24, 2.45) is 7.05 Å². The molecule has 6 nitrogen and oxygen atoms in total. The second kappa shape index (κ2) is 4.69. The van der Waals surface area contributed by atoms with Crippen molar-refractivity contribution < 1.29 is 9.59 Å². The van der Waals surface area contributed by atoms with Gasteiger partial charge in [0, 0.05) is 31.7 Å². The van der Waals surface area contributed by atoms with Crippen LogP contribution in [0, 0.1) is 0 Å². The Morgan fingerprint density at radius 2 is 2.00 bits per heavy atom. The fourth-order valence-electron chi connectivity index (χ4n) is 2.79. The summed E-state index contributed by atoms with van der Waals surface area (Å²) in [5, 5.41) is 6.83. The first-order valence-electron chi connectivity index (χ1n) is 7.03. The first kappa shape index (κ1) is 14.3. The molecule has 0 radical (unpaired) electrons. The highest BCUT2D eigenvalue weighted by Crippen LogP contribution is 2.41. The standard InChI is InChI=1S/C16H18N4O2/c1-16(2)12-7-11(5-6-13(12)20(4)15(16)22)18-14(21)10-8-17-19(3)9-10/h5-9H,1-4H3,(H,18,21). The number of carbonyl (C=O) groups excluding carboxylic acids is 2. The van der Waals surface area contributed by atoms with E-state index in [1.807, 2.05) is 26.0 Å². The van der Waals surface area contributed by atoms with Gasteiger partial charge < -0.3 is 10.2 Å². The maximum Gasteiger partial charge on any atom is 0.258 e. The van der Waals surface area contributed by atoms with Gasteiger partial charge in [0.15, 0.2) is 0 Å². The Hall–Kier alpha value is -2.63. The Kier molecular flexibility index (Phi) is 3.05. The van der Waals surface area contributed by atoms with E-state index in [1.54, 1.807) is 35.9 Å². The number of benzene rings is 1. The molecule has 0 atom stereocenters. The molecular formula is C16H18N4O2. The summed E-state index contributed by atoms with van der Waals surface area (Å²) in [4.78, 5) is 26.1. The molecule has 1 aliphatic rings. The van der Waals surface area contributed by atoms with Crippen molar-refractivity contribution in [1.29, 1.82) is 0 Å². The number of anilines is 2. The van der Waals surface area contributed by atoms with Crippen molar-refractivity contribution in [2.45, 2.75) is 19.3 Å². The van der Waals surface area contributed by atoms with Gasteiger partial charge in [-0.05, 0) is 37.6 Å². The Labute approximate surface area is 128 Å². The lowest BCUT2D eigenvalue weighted by molar-refractivity contribution is -0.121. The summed E-state index contributed by atoms with van der Waals surface area (Å²) in [6, 6.07) is 5.53. The molecule has 1 aromatic carbocycles. The number of nitrogens with one attached hydrogen (secondary N) is 1. The van der Waals surface area contributed by atoms with E-state index in [-0.39, 0.29) is 11.8 Å². The van der Waals surface area contributed by atoms with Gasteiger partial charge in [-0.2, -0.15) is 5.10 Å². The summed E-state index contributed by atoms with van der Waals surface area (Å²) in [6.45, 7) is 3.79. The zero-order chi connectivity index (χ0) is 16.1. The topological polar surface area (TPSA) is 67.2 Å². The lowest BCUT2D eigenvalue weighted by atomic mass is 9.86. The van der Waals surface area contributed by atoms with Crippen LogP contribution >= 0.6 is 0 Å². The van der Waals surface area contributed by atoms with Crippen molar-refractivity contribution in [3.8, 4) is 0 Å². The molecule has 6 heteroatoms. The molecule has 0 spiro atoms. The number of aromatic nitrogens is 2. The fraction of sp³-hybridized carbons (Fsp3) is 0.312. The van der Waals surface area contributed by atoms with Crippen LogP contribution in [0.15, 0.2) is 30.6 Å². The fourth-order valence-corrected chi connectivity index (χ4v) is 2.79. The molecule has 0 saturated heterocycles. The molecule has 1 N–H and O–H groups in total. The van der Waals surface area contributed by atoms with Gasteiger partial charge in [-0.25, -0.2) is 0 Å². The maximum absolute atomic E-state index is 12.3. The highest BCUT2D eigenvalue weighted by atomic mass is 16.2. The zero-order valence-electron chi connectivity index (χ0n) is 13.0. The number of carbonyl (C=O) groups is 2. The zero-order valence-corrected chi connectivity index (χ0v) is 13.0. The van der Waals surface area contributed by atoms with Crippen LogP contribution in [0.1, 0.15) is 29.8 Å². The Morgan fingerprint density at radius 1 is 1.27 bits per heavy atom. The van der Waals surface area contributed by atoms with E-state index >= 15 is 0 Å². The Balaban J connectivity index is 1.91. The number of amides is 2. The minimum atomic E-state index is -0.584. The average Bonchev–Trinajstić information content (AvgIpc) is 2.97. The molecule has 0 fully saturated rings. The van der Waals surface area contributed by atoms with E-state index in [0.29, 0.717) is 11.3 Å². The van der Waals surface area contributed by atoms with E-state index in [9.17, 15) is 9.59 Å². The van der Waals surface area contributed by atoms with E-state index in [4.69, 9.17) is 0 Å². The summed E-state index contributed by atoms with van der Waals surface area (Å²) in [6.07, 6.45) is 3.17. The maximum atomic E-state index is 12.3. The van der Waals surface area contributed by atoms with E-state index in [0.717, 1.165) is 11.3 Å². The molecular weight excluding hydrogens is 280 g/mol. The van der Waals surface area contributed by atoms with Crippen LogP contribution < -0.4 is 10.2 Å². The number of hydrogen-bond acceptors (Lipinski definition) is 3. The van der Waals surface area contributed by atoms with Crippen LogP contribution in [0.5, 0.6) is 0 Å². The molecule has 0 bridgehead atoms. The number of likely N-dealkylation sites (N-methyl/N-ethyl adjacent to an activating group) is 1. The Morgan fingerprint density at radius 3 is 2.64 bits per heavy atom. The molecule has 3 rings (SSSR count). The van der Waals surface area contributed by atoms with Crippen LogP contribution in [-0.2, 0) is 17.3 Å². The van der Waals surface area contributed by atoms with Gasteiger partial charge in [-0.15, -0.1) is 0 Å². The van der Waals surface area contributed by atoms with Gasteiger partial charge >= 0.3 is 0 Å². The van der Waals surface area contributed by atoms with Crippen LogP contribution in [0.3, 0.4) is 0 Å². The van der Waals surface area contributed by atoms with Gasteiger partial charge in [0.1, 0.15) is 0 Å². The predicted molar refractivity (Wildman–Crippen MR) is 84.0 cm³/mol. The van der Waals surface area contributed by atoms with Gasteiger partial charge in [0.25, 0.3) is 5.91 Å². The number of aryl methyl sites for hydroxylation is 1. The van der Waals surface area contributed by atoms with E-state index in [2.05, 4.69) is 10.4 Å². The first-order valence-corrected chi connectivity index (χ1v) is 7.03. The van der Waals surface area contributed by atoms with Crippen molar-refractivity contribution in [3.05, 3.63) is 41.7 Å². The highest BCUT2D eigenvalue weighted by molar-refractivity contribution is 6.08. The summed E-state index contributed by atoms with van der Waals surface area (Å²) in [5.74, 6) is -0.165. The molecule has 2 amide bonds. The van der Waals surface area contributed by atoms with Crippen molar-refractivity contribution in [2.75, 3.05) is 17.3 Å². The second-order valence-electron chi connectivity index (χ2n) is 6.08. The number of nitrogens with zero attached hydrogens (tertiary/aromatic N) is 3. The third kappa shape index (κ3) is 2.07. The molecule has 2 heterocycles. The van der Waals surface area contributed by atoms with Crippen molar-refractivity contribution in [1.82, 2.24) is 9.78 Å². The summed E-state index contributed by atoms with van der Waals surface area (Å²) in [7, 11) is 3.53. The third-order valence-corrected chi connectivity index (χ3v) is 4.10. The number of hydrogen-bond donors (Lipinski definition) is 1. The molecule has 0 unspecified atom stereocenters. The number of fused-ring (bicyclic) bond motifs is 1. The smallest absolute Gasteiger partial charge is 0.258 e. The molecule has 0 saturated carbocycles. The van der Waals surface area contributed by atoms with Crippen LogP contribution in [0.2, 0.25) is 0 Å². The normalized spacial score (nSPS) is 15.8. The summed E-state index contributed by atoms with van der Waals surface area (Å²) in [5.41, 5.74) is 2.39. The average molecular weight is 298 g/mol. The Bertz CT molecular complexity index is 776. The van der Waals surface area contributed by atoms with Crippen LogP contribution in [-0.4, -0.2) is 28.6 Å². The monoisotopic (exact) mass is 298 g/mol. The van der Waals surface area contributed by atoms with Gasteiger partial charge in [0.05, 0.1) is 17.2 Å². The van der Waals surface area contributed by atoms with Gasteiger partial charge in [0.2, 0.25) is 5.91 Å². The lowest BCUT2D eigenvalue weighted by Gasteiger charge is -2.16. The third-order valence-electron chi connectivity index (χ3n) is 4.10. The van der Waals surface area contributed by atoms with Crippen molar-refractivity contribution >= 4 is 23.2 Å². The van der Waals surface area contributed by atoms with Gasteiger partial charge in [-0.3, -0.25) is 14.3 Å². The molecule has 114 valence electrons. The molecule has 1 aromatic heterocycles.